The monoisotopic (exact) mass is 393 g/mol. The summed E-state index contributed by atoms with van der Waals surface area (Å²) in [5.74, 6) is 1.62. The van der Waals surface area contributed by atoms with Crippen molar-refractivity contribution in [1.29, 1.82) is 0 Å². The first-order valence-electron chi connectivity index (χ1n) is 10.2. The van der Waals surface area contributed by atoms with Gasteiger partial charge in [-0.25, -0.2) is 4.98 Å². The number of carbonyl (C=O) groups excluding carboxylic acids is 1. The fourth-order valence-electron chi connectivity index (χ4n) is 3.63. The van der Waals surface area contributed by atoms with Gasteiger partial charge in [0, 0.05) is 6.61 Å². The molecular formula is C23H27N3O3. The van der Waals surface area contributed by atoms with E-state index in [1.165, 1.54) is 11.1 Å². The molecule has 0 bridgehead atoms. The molecule has 3 aromatic rings. The number of amides is 1. The van der Waals surface area contributed by atoms with Crippen LogP contribution in [0.4, 0.5) is 0 Å². The SMILES string of the molecule is Cc1ccc(OCCn2c(CNC(=O)C3CCCO3)nc3ccccc32)cc1C. The van der Waals surface area contributed by atoms with Gasteiger partial charge >= 0.3 is 0 Å². The second-order valence-electron chi connectivity index (χ2n) is 7.48. The summed E-state index contributed by atoms with van der Waals surface area (Å²) in [6.45, 7) is 6.38. The molecular weight excluding hydrogens is 366 g/mol. The summed E-state index contributed by atoms with van der Waals surface area (Å²) in [5, 5.41) is 2.98. The smallest absolute Gasteiger partial charge is 0.249 e. The first-order valence-corrected chi connectivity index (χ1v) is 10.2. The van der Waals surface area contributed by atoms with E-state index in [0.717, 1.165) is 35.4 Å². The maximum Gasteiger partial charge on any atom is 0.249 e. The minimum absolute atomic E-state index is 0.0625. The Bertz CT molecular complexity index is 1010. The van der Waals surface area contributed by atoms with Gasteiger partial charge in [0.05, 0.1) is 24.1 Å². The number of carbonyl (C=O) groups is 1. The summed E-state index contributed by atoms with van der Waals surface area (Å²) in [6.07, 6.45) is 1.39. The highest BCUT2D eigenvalue weighted by molar-refractivity contribution is 5.81. The fourth-order valence-corrected chi connectivity index (χ4v) is 3.63. The zero-order valence-corrected chi connectivity index (χ0v) is 17.0. The molecule has 29 heavy (non-hydrogen) atoms. The summed E-state index contributed by atoms with van der Waals surface area (Å²) in [7, 11) is 0. The molecule has 1 saturated heterocycles. The molecule has 0 aliphatic carbocycles. The Morgan fingerprint density at radius 2 is 2.10 bits per heavy atom. The van der Waals surface area contributed by atoms with Crippen LogP contribution in [0.3, 0.4) is 0 Å². The van der Waals surface area contributed by atoms with Gasteiger partial charge in [-0.3, -0.25) is 4.79 Å². The number of nitrogens with one attached hydrogen (secondary N) is 1. The number of hydrogen-bond donors (Lipinski definition) is 1. The maximum absolute atomic E-state index is 12.3. The Hall–Kier alpha value is -2.86. The Labute approximate surface area is 170 Å². The third kappa shape index (κ3) is 4.43. The van der Waals surface area contributed by atoms with Crippen molar-refractivity contribution < 1.29 is 14.3 Å². The molecule has 1 fully saturated rings. The maximum atomic E-state index is 12.3. The van der Waals surface area contributed by atoms with E-state index in [-0.39, 0.29) is 12.0 Å². The number of para-hydroxylation sites is 2. The molecule has 1 aliphatic rings. The normalized spacial score (nSPS) is 16.3. The molecule has 1 unspecified atom stereocenters. The van der Waals surface area contributed by atoms with Gasteiger partial charge in [-0.1, -0.05) is 18.2 Å². The van der Waals surface area contributed by atoms with Crippen LogP contribution < -0.4 is 10.1 Å². The Morgan fingerprint density at radius 1 is 1.24 bits per heavy atom. The Balaban J connectivity index is 1.45. The summed E-state index contributed by atoms with van der Waals surface area (Å²) < 4.78 is 13.6. The van der Waals surface area contributed by atoms with Crippen LogP contribution in [-0.4, -0.2) is 34.8 Å². The van der Waals surface area contributed by atoms with Crippen LogP contribution in [-0.2, 0) is 22.6 Å². The molecule has 0 radical (unpaired) electrons. The summed E-state index contributed by atoms with van der Waals surface area (Å²) in [4.78, 5) is 17.0. The van der Waals surface area contributed by atoms with Gasteiger partial charge in [-0.15, -0.1) is 0 Å². The number of aromatic nitrogens is 2. The van der Waals surface area contributed by atoms with E-state index in [1.54, 1.807) is 0 Å². The number of imidazole rings is 1. The van der Waals surface area contributed by atoms with Crippen molar-refractivity contribution in [2.45, 2.75) is 45.9 Å². The number of rotatable bonds is 7. The molecule has 1 atom stereocenters. The molecule has 0 saturated carbocycles. The number of hydrogen-bond acceptors (Lipinski definition) is 4. The van der Waals surface area contributed by atoms with E-state index in [1.807, 2.05) is 30.3 Å². The molecule has 0 spiro atoms. The standard InChI is InChI=1S/C23H27N3O3/c1-16-9-10-18(14-17(16)2)28-13-11-26-20-7-4-3-6-19(20)25-22(26)15-24-23(27)21-8-5-12-29-21/h3-4,6-7,9-10,14,21H,5,8,11-13,15H2,1-2H3,(H,24,27). The molecule has 2 heterocycles. The van der Waals surface area contributed by atoms with Crippen molar-refractivity contribution >= 4 is 16.9 Å². The van der Waals surface area contributed by atoms with Gasteiger partial charge in [0.25, 0.3) is 0 Å². The minimum Gasteiger partial charge on any atom is -0.492 e. The number of nitrogens with zero attached hydrogens (tertiary/aromatic N) is 2. The Kier molecular flexibility index (Phi) is 5.81. The van der Waals surface area contributed by atoms with E-state index < -0.39 is 0 Å². The van der Waals surface area contributed by atoms with E-state index in [4.69, 9.17) is 14.5 Å². The number of ether oxygens (including phenoxy) is 2. The quantitative estimate of drug-likeness (QED) is 0.667. The Morgan fingerprint density at radius 3 is 2.90 bits per heavy atom. The highest BCUT2D eigenvalue weighted by Crippen LogP contribution is 2.19. The average molecular weight is 393 g/mol. The summed E-state index contributed by atoms with van der Waals surface area (Å²) >= 11 is 0. The van der Waals surface area contributed by atoms with Crippen molar-refractivity contribution in [2.24, 2.45) is 0 Å². The van der Waals surface area contributed by atoms with Crippen molar-refractivity contribution in [3.8, 4) is 5.75 Å². The van der Waals surface area contributed by atoms with Gasteiger partial charge in [-0.2, -0.15) is 0 Å². The molecule has 4 rings (SSSR count). The molecule has 1 N–H and O–H groups in total. The van der Waals surface area contributed by atoms with Crippen LogP contribution >= 0.6 is 0 Å². The van der Waals surface area contributed by atoms with Crippen molar-refractivity contribution in [3.63, 3.8) is 0 Å². The molecule has 2 aromatic carbocycles. The van der Waals surface area contributed by atoms with Crippen molar-refractivity contribution in [1.82, 2.24) is 14.9 Å². The molecule has 1 amide bonds. The summed E-state index contributed by atoms with van der Waals surface area (Å²) in [6, 6.07) is 14.1. The van der Waals surface area contributed by atoms with Crippen LogP contribution in [0.1, 0.15) is 29.8 Å². The second kappa shape index (κ2) is 8.66. The minimum atomic E-state index is -0.332. The lowest BCUT2D eigenvalue weighted by Crippen LogP contribution is -2.34. The second-order valence-corrected chi connectivity index (χ2v) is 7.48. The van der Waals surface area contributed by atoms with E-state index >= 15 is 0 Å². The van der Waals surface area contributed by atoms with Gasteiger partial charge < -0.3 is 19.4 Å². The zero-order chi connectivity index (χ0) is 20.2. The molecule has 6 nitrogen and oxygen atoms in total. The van der Waals surface area contributed by atoms with E-state index in [2.05, 4.69) is 35.9 Å². The highest BCUT2D eigenvalue weighted by Gasteiger charge is 2.23. The van der Waals surface area contributed by atoms with Crippen LogP contribution in [0.25, 0.3) is 11.0 Å². The van der Waals surface area contributed by atoms with Crippen LogP contribution in [0.15, 0.2) is 42.5 Å². The third-order valence-electron chi connectivity index (χ3n) is 5.44. The van der Waals surface area contributed by atoms with Crippen LogP contribution in [0.5, 0.6) is 5.75 Å². The average Bonchev–Trinajstić information content (AvgIpc) is 3.37. The van der Waals surface area contributed by atoms with E-state index in [0.29, 0.717) is 26.3 Å². The lowest BCUT2D eigenvalue weighted by atomic mass is 10.1. The predicted octanol–water partition coefficient (Wildman–Crippen LogP) is 3.53. The highest BCUT2D eigenvalue weighted by atomic mass is 16.5. The molecule has 6 heteroatoms. The lowest BCUT2D eigenvalue weighted by Gasteiger charge is -2.13. The summed E-state index contributed by atoms with van der Waals surface area (Å²) in [5.41, 5.74) is 4.42. The lowest BCUT2D eigenvalue weighted by molar-refractivity contribution is -0.130. The molecule has 1 aromatic heterocycles. The number of benzene rings is 2. The van der Waals surface area contributed by atoms with Crippen molar-refractivity contribution in [3.05, 3.63) is 59.4 Å². The fraction of sp³-hybridized carbons (Fsp3) is 0.391. The first kappa shape index (κ1) is 19.5. The number of fused-ring (bicyclic) bond motifs is 1. The molecule has 152 valence electrons. The van der Waals surface area contributed by atoms with Crippen LogP contribution in [0, 0.1) is 13.8 Å². The number of aryl methyl sites for hydroxylation is 2. The van der Waals surface area contributed by atoms with E-state index in [9.17, 15) is 4.79 Å². The molecule has 1 aliphatic heterocycles. The van der Waals surface area contributed by atoms with Gasteiger partial charge in [0.2, 0.25) is 5.91 Å². The van der Waals surface area contributed by atoms with Crippen molar-refractivity contribution in [2.75, 3.05) is 13.2 Å². The first-order chi connectivity index (χ1) is 14.1. The zero-order valence-electron chi connectivity index (χ0n) is 17.0. The van der Waals surface area contributed by atoms with Gasteiger partial charge in [-0.05, 0) is 62.1 Å². The topological polar surface area (TPSA) is 65.4 Å². The van der Waals surface area contributed by atoms with Gasteiger partial charge in [0.1, 0.15) is 24.3 Å². The van der Waals surface area contributed by atoms with Gasteiger partial charge in [0.15, 0.2) is 0 Å². The van der Waals surface area contributed by atoms with Crippen LogP contribution in [0.2, 0.25) is 0 Å². The third-order valence-corrected chi connectivity index (χ3v) is 5.44. The largest absolute Gasteiger partial charge is 0.492 e. The predicted molar refractivity (Wildman–Crippen MR) is 112 cm³/mol.